The molecule has 2 aromatic rings. The minimum atomic E-state index is 0.276. The standard InChI is InChI=1S/C25H34N6O/c32-24(28-15-17-29(18-16-28)25-26-11-6-12-27-25)20-31-14-5-10-23(31)22-9-4-13-30(22)19-21-7-2-1-3-8-21/h1-3,6-8,11-12,22-23H,4-5,9-10,13-20H2. The molecule has 0 N–H and O–H groups in total. The number of benzene rings is 1. The summed E-state index contributed by atoms with van der Waals surface area (Å²) in [4.78, 5) is 31.2. The SMILES string of the molecule is O=C(CN1CCCC1C1CCCN1Cc1ccccc1)N1CCN(c2ncccn2)CC1. The van der Waals surface area contributed by atoms with E-state index in [0.717, 1.165) is 45.2 Å². The van der Waals surface area contributed by atoms with Crippen molar-refractivity contribution in [2.75, 3.05) is 50.7 Å². The second-order valence-electron chi connectivity index (χ2n) is 9.26. The first-order chi connectivity index (χ1) is 15.8. The summed E-state index contributed by atoms with van der Waals surface area (Å²) in [6.07, 6.45) is 8.47. The molecule has 1 aromatic heterocycles. The topological polar surface area (TPSA) is 55.8 Å². The van der Waals surface area contributed by atoms with Gasteiger partial charge in [-0.1, -0.05) is 30.3 Å². The van der Waals surface area contributed by atoms with E-state index in [9.17, 15) is 4.79 Å². The Morgan fingerprint density at radius 1 is 0.812 bits per heavy atom. The maximum absolute atomic E-state index is 13.2. The van der Waals surface area contributed by atoms with Gasteiger partial charge in [-0.2, -0.15) is 0 Å². The van der Waals surface area contributed by atoms with Crippen LogP contribution in [0.25, 0.3) is 0 Å². The van der Waals surface area contributed by atoms with Gasteiger partial charge < -0.3 is 9.80 Å². The fourth-order valence-corrected chi connectivity index (χ4v) is 5.67. The fraction of sp³-hybridized carbons (Fsp3) is 0.560. The number of nitrogens with zero attached hydrogens (tertiary/aromatic N) is 6. The Labute approximate surface area is 191 Å². The van der Waals surface area contributed by atoms with Gasteiger partial charge in [-0.05, 0) is 50.4 Å². The summed E-state index contributed by atoms with van der Waals surface area (Å²) in [5.41, 5.74) is 1.39. The lowest BCUT2D eigenvalue weighted by molar-refractivity contribution is -0.133. The molecule has 1 aromatic carbocycles. The number of piperazine rings is 1. The van der Waals surface area contributed by atoms with Gasteiger partial charge in [0.25, 0.3) is 0 Å². The van der Waals surface area contributed by atoms with Crippen molar-refractivity contribution in [1.82, 2.24) is 24.7 Å². The molecule has 3 aliphatic heterocycles. The molecular weight excluding hydrogens is 400 g/mol. The Morgan fingerprint density at radius 2 is 1.47 bits per heavy atom. The highest BCUT2D eigenvalue weighted by atomic mass is 16.2. The largest absolute Gasteiger partial charge is 0.338 e. The van der Waals surface area contributed by atoms with Gasteiger partial charge in [0.2, 0.25) is 11.9 Å². The van der Waals surface area contributed by atoms with Crippen LogP contribution in [0.5, 0.6) is 0 Å². The van der Waals surface area contributed by atoms with Crippen LogP contribution < -0.4 is 4.90 Å². The maximum Gasteiger partial charge on any atom is 0.236 e. The van der Waals surface area contributed by atoms with Gasteiger partial charge >= 0.3 is 0 Å². The number of likely N-dealkylation sites (tertiary alicyclic amines) is 2. The molecular formula is C25H34N6O. The summed E-state index contributed by atoms with van der Waals surface area (Å²) in [7, 11) is 0. The summed E-state index contributed by atoms with van der Waals surface area (Å²) in [6.45, 7) is 6.89. The molecule has 0 spiro atoms. The van der Waals surface area contributed by atoms with E-state index in [1.54, 1.807) is 12.4 Å². The molecule has 0 bridgehead atoms. The van der Waals surface area contributed by atoms with Crippen LogP contribution in [0.4, 0.5) is 5.95 Å². The predicted molar refractivity (Wildman–Crippen MR) is 125 cm³/mol. The highest BCUT2D eigenvalue weighted by Crippen LogP contribution is 2.31. The molecule has 170 valence electrons. The van der Waals surface area contributed by atoms with Crippen molar-refractivity contribution >= 4 is 11.9 Å². The molecule has 1 amide bonds. The molecule has 2 atom stereocenters. The third-order valence-corrected chi connectivity index (χ3v) is 7.31. The van der Waals surface area contributed by atoms with E-state index < -0.39 is 0 Å². The average Bonchev–Trinajstić information content (AvgIpc) is 3.49. The van der Waals surface area contributed by atoms with Crippen molar-refractivity contribution < 1.29 is 4.79 Å². The zero-order valence-electron chi connectivity index (χ0n) is 18.9. The molecule has 7 nitrogen and oxygen atoms in total. The zero-order valence-corrected chi connectivity index (χ0v) is 18.9. The molecule has 3 aliphatic rings. The summed E-state index contributed by atoms with van der Waals surface area (Å²) in [6, 6.07) is 13.7. The van der Waals surface area contributed by atoms with Crippen molar-refractivity contribution in [3.05, 3.63) is 54.4 Å². The number of carbonyl (C=O) groups is 1. The number of rotatable bonds is 6. The van der Waals surface area contributed by atoms with Gasteiger partial charge in [0.15, 0.2) is 0 Å². The lowest BCUT2D eigenvalue weighted by Gasteiger charge is -2.38. The van der Waals surface area contributed by atoms with E-state index >= 15 is 0 Å². The molecule has 0 radical (unpaired) electrons. The van der Waals surface area contributed by atoms with Crippen LogP contribution in [0.2, 0.25) is 0 Å². The second-order valence-corrected chi connectivity index (χ2v) is 9.26. The summed E-state index contributed by atoms with van der Waals surface area (Å²) in [5.74, 6) is 1.04. The molecule has 3 fully saturated rings. The van der Waals surface area contributed by atoms with Crippen LogP contribution in [0, 0.1) is 0 Å². The second kappa shape index (κ2) is 9.96. The van der Waals surface area contributed by atoms with Crippen molar-refractivity contribution in [1.29, 1.82) is 0 Å². The number of carbonyl (C=O) groups excluding carboxylic acids is 1. The van der Waals surface area contributed by atoms with Gasteiger partial charge in [0.1, 0.15) is 0 Å². The summed E-state index contributed by atoms with van der Waals surface area (Å²) in [5, 5.41) is 0. The first-order valence-corrected chi connectivity index (χ1v) is 12.1. The smallest absolute Gasteiger partial charge is 0.236 e. The van der Waals surface area contributed by atoms with E-state index in [1.165, 1.54) is 37.8 Å². The van der Waals surface area contributed by atoms with Gasteiger partial charge in [-0.25, -0.2) is 9.97 Å². The highest BCUT2D eigenvalue weighted by molar-refractivity contribution is 5.78. The molecule has 3 saturated heterocycles. The van der Waals surface area contributed by atoms with Crippen LogP contribution in [-0.4, -0.2) is 88.5 Å². The van der Waals surface area contributed by atoms with E-state index in [4.69, 9.17) is 0 Å². The minimum Gasteiger partial charge on any atom is -0.338 e. The fourth-order valence-electron chi connectivity index (χ4n) is 5.67. The number of hydrogen-bond donors (Lipinski definition) is 0. The van der Waals surface area contributed by atoms with Gasteiger partial charge in [0.05, 0.1) is 6.54 Å². The zero-order chi connectivity index (χ0) is 21.8. The molecule has 7 heteroatoms. The average molecular weight is 435 g/mol. The Hall–Kier alpha value is -2.51. The van der Waals surface area contributed by atoms with Crippen LogP contribution in [0.1, 0.15) is 31.2 Å². The first kappa shape index (κ1) is 21.3. The van der Waals surface area contributed by atoms with Crippen molar-refractivity contribution in [3.63, 3.8) is 0 Å². The quantitative estimate of drug-likeness (QED) is 0.695. The number of hydrogen-bond acceptors (Lipinski definition) is 6. The summed E-state index contributed by atoms with van der Waals surface area (Å²) >= 11 is 0. The maximum atomic E-state index is 13.2. The Bertz CT molecular complexity index is 871. The highest BCUT2D eigenvalue weighted by Gasteiger charge is 2.38. The third kappa shape index (κ3) is 4.79. The molecule has 0 saturated carbocycles. The minimum absolute atomic E-state index is 0.276. The Kier molecular flexibility index (Phi) is 6.64. The molecule has 4 heterocycles. The lowest BCUT2D eigenvalue weighted by Crippen LogP contribution is -2.53. The number of anilines is 1. The van der Waals surface area contributed by atoms with E-state index in [1.807, 2.05) is 11.0 Å². The number of aromatic nitrogens is 2. The Morgan fingerprint density at radius 3 is 2.19 bits per heavy atom. The van der Waals surface area contributed by atoms with Crippen molar-refractivity contribution in [2.24, 2.45) is 0 Å². The van der Waals surface area contributed by atoms with E-state index in [-0.39, 0.29) is 5.91 Å². The van der Waals surface area contributed by atoms with Crippen LogP contribution in [0.15, 0.2) is 48.8 Å². The van der Waals surface area contributed by atoms with Crippen LogP contribution in [0.3, 0.4) is 0 Å². The van der Waals surface area contributed by atoms with E-state index in [0.29, 0.717) is 18.6 Å². The van der Waals surface area contributed by atoms with Crippen molar-refractivity contribution in [2.45, 2.75) is 44.3 Å². The first-order valence-electron chi connectivity index (χ1n) is 12.1. The molecule has 0 aliphatic carbocycles. The lowest BCUT2D eigenvalue weighted by atomic mass is 10.0. The van der Waals surface area contributed by atoms with Crippen LogP contribution in [-0.2, 0) is 11.3 Å². The van der Waals surface area contributed by atoms with Gasteiger partial charge in [-0.3, -0.25) is 14.6 Å². The number of amides is 1. The van der Waals surface area contributed by atoms with Gasteiger partial charge in [-0.15, -0.1) is 0 Å². The molecule has 32 heavy (non-hydrogen) atoms. The van der Waals surface area contributed by atoms with Crippen LogP contribution >= 0.6 is 0 Å². The van der Waals surface area contributed by atoms with E-state index in [2.05, 4.69) is 55.0 Å². The molecule has 2 unspecified atom stereocenters. The normalized spacial score (nSPS) is 24.9. The van der Waals surface area contributed by atoms with Gasteiger partial charge in [0, 0.05) is 57.2 Å². The monoisotopic (exact) mass is 434 g/mol. The molecule has 5 rings (SSSR count). The summed E-state index contributed by atoms with van der Waals surface area (Å²) < 4.78 is 0. The third-order valence-electron chi connectivity index (χ3n) is 7.31. The predicted octanol–water partition coefficient (Wildman–Crippen LogP) is 2.25. The Balaban J connectivity index is 1.16. The van der Waals surface area contributed by atoms with Crippen molar-refractivity contribution in [3.8, 4) is 0 Å².